The number of benzene rings is 2. The Labute approximate surface area is 124 Å². The highest BCUT2D eigenvalue weighted by molar-refractivity contribution is 5.77. The number of hydrogen-bond donors (Lipinski definition) is 2. The fraction of sp³-hybridized carbons (Fsp3) is 0.235. The van der Waals surface area contributed by atoms with Crippen LogP contribution in [-0.2, 0) is 17.9 Å². The van der Waals surface area contributed by atoms with Gasteiger partial charge in [0, 0.05) is 6.54 Å². The second-order valence-corrected chi connectivity index (χ2v) is 4.86. The molecule has 0 fully saturated rings. The number of ether oxygens (including phenoxy) is 1. The van der Waals surface area contributed by atoms with Gasteiger partial charge in [0.2, 0.25) is 0 Å². The Morgan fingerprint density at radius 3 is 2.57 bits per heavy atom. The highest BCUT2D eigenvalue weighted by Gasteiger charge is 2.03. The van der Waals surface area contributed by atoms with Gasteiger partial charge in [0.25, 0.3) is 5.91 Å². The summed E-state index contributed by atoms with van der Waals surface area (Å²) in [6, 6.07) is 15.0. The van der Waals surface area contributed by atoms with Crippen molar-refractivity contribution in [1.29, 1.82) is 0 Å². The second-order valence-electron chi connectivity index (χ2n) is 4.86. The minimum absolute atomic E-state index is 0.00272. The maximum atomic E-state index is 11.7. The zero-order chi connectivity index (χ0) is 15.1. The van der Waals surface area contributed by atoms with Crippen molar-refractivity contribution >= 4 is 5.91 Å². The summed E-state index contributed by atoms with van der Waals surface area (Å²) in [7, 11) is 0. The molecule has 0 heterocycles. The lowest BCUT2D eigenvalue weighted by Gasteiger charge is -2.08. The van der Waals surface area contributed by atoms with Crippen LogP contribution in [-0.4, -0.2) is 17.6 Å². The summed E-state index contributed by atoms with van der Waals surface area (Å²) in [5, 5.41) is 11.8. The van der Waals surface area contributed by atoms with E-state index in [0.717, 1.165) is 11.1 Å². The molecule has 2 aromatic carbocycles. The largest absolute Gasteiger partial charge is 0.484 e. The maximum Gasteiger partial charge on any atom is 0.258 e. The molecule has 0 unspecified atom stereocenters. The number of carbonyl (C=O) groups excluding carboxylic acids is 1. The number of nitrogens with one attached hydrogen (secondary N) is 1. The first kappa shape index (κ1) is 15.1. The van der Waals surface area contributed by atoms with Crippen molar-refractivity contribution in [2.45, 2.75) is 20.1 Å². The van der Waals surface area contributed by atoms with Crippen LogP contribution in [0.15, 0.2) is 48.5 Å². The Morgan fingerprint density at radius 2 is 1.90 bits per heavy atom. The molecule has 0 saturated heterocycles. The first-order valence-corrected chi connectivity index (χ1v) is 6.82. The van der Waals surface area contributed by atoms with Crippen molar-refractivity contribution in [2.75, 3.05) is 6.61 Å². The number of rotatable bonds is 6. The average Bonchev–Trinajstić information content (AvgIpc) is 2.51. The molecular formula is C17H19NO3. The van der Waals surface area contributed by atoms with Gasteiger partial charge in [-0.05, 0) is 30.2 Å². The Balaban J connectivity index is 1.76. The summed E-state index contributed by atoms with van der Waals surface area (Å²) in [6.07, 6.45) is 0. The molecule has 4 heteroatoms. The van der Waals surface area contributed by atoms with Crippen LogP contribution in [0.25, 0.3) is 0 Å². The van der Waals surface area contributed by atoms with E-state index in [9.17, 15) is 4.79 Å². The van der Waals surface area contributed by atoms with Gasteiger partial charge in [0.1, 0.15) is 5.75 Å². The molecule has 0 bridgehead atoms. The number of amides is 1. The molecule has 2 aromatic rings. The molecule has 110 valence electrons. The molecule has 21 heavy (non-hydrogen) atoms. The molecule has 2 N–H and O–H groups in total. The number of hydrogen-bond acceptors (Lipinski definition) is 3. The number of aliphatic hydroxyl groups excluding tert-OH is 1. The van der Waals surface area contributed by atoms with Crippen molar-refractivity contribution in [3.8, 4) is 5.75 Å². The summed E-state index contributed by atoms with van der Waals surface area (Å²) in [6.45, 7) is 2.49. The molecule has 4 nitrogen and oxygen atoms in total. The van der Waals surface area contributed by atoms with Crippen LogP contribution in [0.3, 0.4) is 0 Å². The molecule has 0 aliphatic heterocycles. The fourth-order valence-corrected chi connectivity index (χ4v) is 1.91. The minimum atomic E-state index is -0.164. The average molecular weight is 285 g/mol. The second kappa shape index (κ2) is 7.45. The van der Waals surface area contributed by atoms with Gasteiger partial charge >= 0.3 is 0 Å². The standard InChI is InChI=1S/C17H19NO3/c1-13-3-2-4-15(9-13)10-18-17(20)12-21-16-7-5-14(11-19)6-8-16/h2-9,19H,10-12H2,1H3,(H,18,20). The molecule has 0 spiro atoms. The van der Waals surface area contributed by atoms with Gasteiger partial charge in [0.05, 0.1) is 6.61 Å². The molecule has 0 aliphatic carbocycles. The Morgan fingerprint density at radius 1 is 1.14 bits per heavy atom. The van der Waals surface area contributed by atoms with Crippen LogP contribution < -0.4 is 10.1 Å². The molecule has 0 radical (unpaired) electrons. The summed E-state index contributed by atoms with van der Waals surface area (Å²) in [4.78, 5) is 11.7. The molecular weight excluding hydrogens is 266 g/mol. The van der Waals surface area contributed by atoms with Crippen LogP contribution in [0.1, 0.15) is 16.7 Å². The summed E-state index contributed by atoms with van der Waals surface area (Å²) in [5.74, 6) is 0.445. The van der Waals surface area contributed by atoms with Crippen molar-refractivity contribution in [1.82, 2.24) is 5.32 Å². The SMILES string of the molecule is Cc1cccc(CNC(=O)COc2ccc(CO)cc2)c1. The first-order valence-electron chi connectivity index (χ1n) is 6.82. The summed E-state index contributed by atoms with van der Waals surface area (Å²) < 4.78 is 5.39. The normalized spacial score (nSPS) is 10.2. The lowest BCUT2D eigenvalue weighted by molar-refractivity contribution is -0.123. The summed E-state index contributed by atoms with van der Waals surface area (Å²) in [5.41, 5.74) is 3.05. The van der Waals surface area contributed by atoms with E-state index in [1.807, 2.05) is 31.2 Å². The van der Waals surface area contributed by atoms with Crippen molar-refractivity contribution in [3.05, 3.63) is 65.2 Å². The monoisotopic (exact) mass is 285 g/mol. The lowest BCUT2D eigenvalue weighted by Crippen LogP contribution is -2.28. The highest BCUT2D eigenvalue weighted by Crippen LogP contribution is 2.11. The van der Waals surface area contributed by atoms with E-state index in [4.69, 9.17) is 9.84 Å². The molecule has 0 aromatic heterocycles. The Kier molecular flexibility index (Phi) is 5.35. The van der Waals surface area contributed by atoms with Gasteiger partial charge in [-0.15, -0.1) is 0 Å². The van der Waals surface area contributed by atoms with Crippen molar-refractivity contribution in [3.63, 3.8) is 0 Å². The third kappa shape index (κ3) is 4.93. The highest BCUT2D eigenvalue weighted by atomic mass is 16.5. The fourth-order valence-electron chi connectivity index (χ4n) is 1.91. The zero-order valence-electron chi connectivity index (χ0n) is 12.0. The molecule has 0 aliphatic rings. The Hall–Kier alpha value is -2.33. The van der Waals surface area contributed by atoms with Gasteiger partial charge in [0.15, 0.2) is 6.61 Å². The van der Waals surface area contributed by atoms with E-state index in [1.165, 1.54) is 5.56 Å². The van der Waals surface area contributed by atoms with Crippen LogP contribution in [0, 0.1) is 6.92 Å². The molecule has 0 saturated carbocycles. The molecule has 2 rings (SSSR count). The lowest BCUT2D eigenvalue weighted by atomic mass is 10.1. The first-order chi connectivity index (χ1) is 10.2. The quantitative estimate of drug-likeness (QED) is 0.855. The topological polar surface area (TPSA) is 58.6 Å². The number of aryl methyl sites for hydroxylation is 1. The number of carbonyl (C=O) groups is 1. The molecule has 0 atom stereocenters. The van der Waals surface area contributed by atoms with Gasteiger partial charge in [-0.25, -0.2) is 0 Å². The van der Waals surface area contributed by atoms with Gasteiger partial charge in [-0.2, -0.15) is 0 Å². The Bertz CT molecular complexity index is 593. The van der Waals surface area contributed by atoms with Gasteiger partial charge in [-0.3, -0.25) is 4.79 Å². The van der Waals surface area contributed by atoms with Gasteiger partial charge < -0.3 is 15.2 Å². The zero-order valence-corrected chi connectivity index (χ0v) is 12.0. The minimum Gasteiger partial charge on any atom is -0.484 e. The predicted molar refractivity (Wildman–Crippen MR) is 80.9 cm³/mol. The van der Waals surface area contributed by atoms with Crippen LogP contribution in [0.4, 0.5) is 0 Å². The van der Waals surface area contributed by atoms with Crippen LogP contribution in [0.5, 0.6) is 5.75 Å². The van der Waals surface area contributed by atoms with E-state index in [1.54, 1.807) is 24.3 Å². The van der Waals surface area contributed by atoms with Crippen LogP contribution in [0.2, 0.25) is 0 Å². The van der Waals surface area contributed by atoms with E-state index in [-0.39, 0.29) is 19.1 Å². The third-order valence-electron chi connectivity index (χ3n) is 3.05. The van der Waals surface area contributed by atoms with Crippen molar-refractivity contribution in [2.24, 2.45) is 0 Å². The van der Waals surface area contributed by atoms with E-state index >= 15 is 0 Å². The van der Waals surface area contributed by atoms with E-state index in [0.29, 0.717) is 12.3 Å². The molecule has 1 amide bonds. The summed E-state index contributed by atoms with van der Waals surface area (Å²) >= 11 is 0. The third-order valence-corrected chi connectivity index (χ3v) is 3.05. The predicted octanol–water partition coefficient (Wildman–Crippen LogP) is 2.18. The van der Waals surface area contributed by atoms with Crippen LogP contribution >= 0.6 is 0 Å². The van der Waals surface area contributed by atoms with E-state index in [2.05, 4.69) is 5.32 Å². The van der Waals surface area contributed by atoms with Gasteiger partial charge in [-0.1, -0.05) is 42.0 Å². The van der Waals surface area contributed by atoms with E-state index < -0.39 is 0 Å². The number of aliphatic hydroxyl groups is 1. The smallest absolute Gasteiger partial charge is 0.258 e. The van der Waals surface area contributed by atoms with Crippen molar-refractivity contribution < 1.29 is 14.6 Å². The maximum absolute atomic E-state index is 11.7.